The normalized spacial score (nSPS) is 25.5. The molecule has 39 heavy (non-hydrogen) atoms. The van der Waals surface area contributed by atoms with E-state index < -0.39 is 60.4 Å². The van der Waals surface area contributed by atoms with Crippen LogP contribution in [0.3, 0.4) is 0 Å². The molecule has 1 saturated carbocycles. The third-order valence-corrected chi connectivity index (χ3v) is 8.87. The first-order valence-electron chi connectivity index (χ1n) is 12.5. The maximum Gasteiger partial charge on any atom is 0.459 e. The van der Waals surface area contributed by atoms with E-state index in [9.17, 15) is 24.1 Å². The number of carbonyl (C=O) groups excluding carboxylic acids is 1. The number of aromatic nitrogens is 2. The Morgan fingerprint density at radius 2 is 1.92 bits per heavy atom. The lowest BCUT2D eigenvalue weighted by molar-refractivity contribution is -0.152. The maximum atomic E-state index is 13.8. The summed E-state index contributed by atoms with van der Waals surface area (Å²) >= 11 is 12.7. The molecule has 1 aliphatic carbocycles. The lowest BCUT2D eigenvalue weighted by Crippen LogP contribution is -2.41. The summed E-state index contributed by atoms with van der Waals surface area (Å²) in [6.07, 6.45) is 1.17. The number of hydrogen-bond donors (Lipinski definition) is 3. The summed E-state index contributed by atoms with van der Waals surface area (Å²) in [7, 11) is -4.28. The van der Waals surface area contributed by atoms with Gasteiger partial charge in [0.2, 0.25) is 0 Å². The minimum atomic E-state index is -4.28. The standard InChI is InChI=1S/C24H30Cl2N3O9P/c1-15(21(32)36-16-8-4-2-5-9-16)28-39(34,38-17-10-6-3-7-11-17)35-14-18-20(31)24(25,26)22(37-18)29-13-12-19(30)27-23(29)33/h3,6-7,10-13,15-16,18,20,22,31H,2,4-5,8-9,14H2,1H3,(H,28,34)(H,27,30,33)/t15-,18+,20+,22-,39?/m0/s1. The van der Waals surface area contributed by atoms with Crippen LogP contribution in [0.4, 0.5) is 0 Å². The van der Waals surface area contributed by atoms with E-state index in [0.29, 0.717) is 0 Å². The van der Waals surface area contributed by atoms with Crippen LogP contribution in [0.15, 0.2) is 52.2 Å². The lowest BCUT2D eigenvalue weighted by atomic mass is 9.98. The molecule has 3 N–H and O–H groups in total. The number of H-pyrrole nitrogens is 1. The molecule has 0 spiro atoms. The molecule has 1 aromatic carbocycles. The van der Waals surface area contributed by atoms with Crippen molar-refractivity contribution in [2.75, 3.05) is 6.61 Å². The van der Waals surface area contributed by atoms with Crippen molar-refractivity contribution in [2.24, 2.45) is 0 Å². The van der Waals surface area contributed by atoms with E-state index in [4.69, 9.17) is 41.7 Å². The smallest absolute Gasteiger partial charge is 0.459 e. The molecule has 0 amide bonds. The summed E-state index contributed by atoms with van der Waals surface area (Å²) in [6, 6.07) is 8.14. The Bertz CT molecular complexity index is 1300. The number of aromatic amines is 1. The fraction of sp³-hybridized carbons (Fsp3) is 0.542. The Labute approximate surface area is 234 Å². The van der Waals surface area contributed by atoms with Gasteiger partial charge in [0.25, 0.3) is 5.56 Å². The largest absolute Gasteiger partial charge is 0.461 e. The summed E-state index contributed by atoms with van der Waals surface area (Å²) in [6.45, 7) is 0.913. The van der Waals surface area contributed by atoms with E-state index in [2.05, 4.69) is 10.1 Å². The van der Waals surface area contributed by atoms with Crippen molar-refractivity contribution in [1.82, 2.24) is 14.6 Å². The summed E-state index contributed by atoms with van der Waals surface area (Å²) in [5.41, 5.74) is -1.51. The summed E-state index contributed by atoms with van der Waals surface area (Å²) in [5, 5.41) is 13.3. The van der Waals surface area contributed by atoms with Crippen LogP contribution in [0.2, 0.25) is 0 Å². The molecule has 2 fully saturated rings. The lowest BCUT2D eigenvalue weighted by Gasteiger charge is -2.27. The highest BCUT2D eigenvalue weighted by molar-refractivity contribution is 7.52. The van der Waals surface area contributed by atoms with Crippen molar-refractivity contribution in [2.45, 2.75) is 73.9 Å². The number of nitrogens with one attached hydrogen (secondary N) is 2. The van der Waals surface area contributed by atoms with Gasteiger partial charge < -0.3 is 19.1 Å². The number of halogens is 2. The van der Waals surface area contributed by atoms with Crippen LogP contribution in [0.25, 0.3) is 0 Å². The predicted octanol–water partition coefficient (Wildman–Crippen LogP) is 3.03. The Morgan fingerprint density at radius 1 is 1.23 bits per heavy atom. The van der Waals surface area contributed by atoms with Crippen LogP contribution in [-0.4, -0.2) is 55.9 Å². The van der Waals surface area contributed by atoms with Crippen molar-refractivity contribution in [3.05, 3.63) is 63.4 Å². The van der Waals surface area contributed by atoms with E-state index in [0.717, 1.165) is 48.9 Å². The second-order valence-corrected chi connectivity index (χ2v) is 12.5. The SMILES string of the molecule is C[C@H](NP(=O)(OC[C@H]1O[C@H](n2ccc(=O)[nH]c2=O)C(Cl)(Cl)[C@@H]1O)Oc1ccccc1)C(=O)OC1CCCCC1. The highest BCUT2D eigenvalue weighted by atomic mass is 35.5. The van der Waals surface area contributed by atoms with Crippen LogP contribution in [0.1, 0.15) is 45.3 Å². The molecule has 1 aliphatic heterocycles. The second kappa shape index (κ2) is 12.6. The number of ether oxygens (including phenoxy) is 2. The van der Waals surface area contributed by atoms with Gasteiger partial charge in [-0.25, -0.2) is 9.36 Å². The highest BCUT2D eigenvalue weighted by Crippen LogP contribution is 2.49. The van der Waals surface area contributed by atoms with Gasteiger partial charge in [-0.1, -0.05) is 47.8 Å². The van der Waals surface area contributed by atoms with Crippen molar-refractivity contribution < 1.29 is 33.0 Å². The van der Waals surface area contributed by atoms with Gasteiger partial charge in [0.1, 0.15) is 30.1 Å². The molecule has 0 radical (unpaired) electrons. The minimum absolute atomic E-state index is 0.191. The first-order valence-corrected chi connectivity index (χ1v) is 14.8. The molecule has 0 bridgehead atoms. The number of nitrogens with zero attached hydrogens (tertiary/aromatic N) is 1. The highest BCUT2D eigenvalue weighted by Gasteiger charge is 2.56. The van der Waals surface area contributed by atoms with Gasteiger partial charge in [0.15, 0.2) is 10.6 Å². The van der Waals surface area contributed by atoms with Gasteiger partial charge in [-0.3, -0.25) is 23.7 Å². The first kappa shape index (κ1) is 29.8. The monoisotopic (exact) mass is 605 g/mol. The van der Waals surface area contributed by atoms with Crippen molar-refractivity contribution in [3.8, 4) is 5.75 Å². The Balaban J connectivity index is 1.48. The molecule has 15 heteroatoms. The number of esters is 1. The average molecular weight is 606 g/mol. The quantitative estimate of drug-likeness (QED) is 0.209. The number of alkyl halides is 2. The van der Waals surface area contributed by atoms with Crippen LogP contribution in [-0.2, 0) is 23.4 Å². The van der Waals surface area contributed by atoms with Crippen LogP contribution in [0, 0.1) is 0 Å². The Morgan fingerprint density at radius 3 is 2.59 bits per heavy atom. The summed E-state index contributed by atoms with van der Waals surface area (Å²) in [4.78, 5) is 38.5. The molecular weight excluding hydrogens is 576 g/mol. The van der Waals surface area contributed by atoms with E-state index in [1.165, 1.54) is 6.92 Å². The number of hydrogen-bond acceptors (Lipinski definition) is 9. The molecule has 12 nitrogen and oxygen atoms in total. The van der Waals surface area contributed by atoms with Crippen LogP contribution in [0.5, 0.6) is 5.75 Å². The van der Waals surface area contributed by atoms with Gasteiger partial charge in [-0.2, -0.15) is 5.09 Å². The molecule has 2 heterocycles. The van der Waals surface area contributed by atoms with E-state index in [-0.39, 0.29) is 11.9 Å². The Hall–Kier alpha value is -2.18. The third kappa shape index (κ3) is 7.32. The molecule has 214 valence electrons. The minimum Gasteiger partial charge on any atom is -0.461 e. The fourth-order valence-corrected chi connectivity index (χ4v) is 6.44. The number of carbonyl (C=O) groups is 1. The molecule has 1 unspecified atom stereocenters. The zero-order valence-corrected chi connectivity index (χ0v) is 23.4. The van der Waals surface area contributed by atoms with Gasteiger partial charge in [-0.15, -0.1) is 0 Å². The third-order valence-electron chi connectivity index (χ3n) is 6.40. The number of rotatable bonds is 10. The number of benzene rings is 1. The van der Waals surface area contributed by atoms with Crippen molar-refractivity contribution in [3.63, 3.8) is 0 Å². The van der Waals surface area contributed by atoms with E-state index in [1.54, 1.807) is 30.3 Å². The summed E-state index contributed by atoms with van der Waals surface area (Å²) < 4.78 is 35.1. The molecule has 4 rings (SSSR count). The van der Waals surface area contributed by atoms with Crippen molar-refractivity contribution in [1.29, 1.82) is 0 Å². The molecule has 5 atom stereocenters. The molecular formula is C24H30Cl2N3O9P. The van der Waals surface area contributed by atoms with Crippen LogP contribution < -0.4 is 20.9 Å². The average Bonchev–Trinajstić information content (AvgIpc) is 3.12. The van der Waals surface area contributed by atoms with Crippen molar-refractivity contribution >= 4 is 36.9 Å². The zero-order chi connectivity index (χ0) is 28.2. The zero-order valence-electron chi connectivity index (χ0n) is 21.0. The predicted molar refractivity (Wildman–Crippen MR) is 142 cm³/mol. The topological polar surface area (TPSA) is 158 Å². The molecule has 2 aromatic rings. The maximum absolute atomic E-state index is 13.8. The van der Waals surface area contributed by atoms with Crippen LogP contribution >= 0.6 is 30.9 Å². The van der Waals surface area contributed by atoms with E-state index >= 15 is 0 Å². The fourth-order valence-electron chi connectivity index (χ4n) is 4.34. The van der Waals surface area contributed by atoms with E-state index in [1.807, 2.05) is 0 Å². The first-order chi connectivity index (χ1) is 18.5. The van der Waals surface area contributed by atoms with Gasteiger partial charge in [-0.05, 0) is 44.7 Å². The summed E-state index contributed by atoms with van der Waals surface area (Å²) in [5.74, 6) is -0.423. The molecule has 2 aliphatic rings. The van der Waals surface area contributed by atoms with Gasteiger partial charge in [0, 0.05) is 12.3 Å². The Kier molecular flexibility index (Phi) is 9.59. The van der Waals surface area contributed by atoms with Gasteiger partial charge >= 0.3 is 19.4 Å². The van der Waals surface area contributed by atoms with Gasteiger partial charge in [0.05, 0.1) is 6.61 Å². The second-order valence-electron chi connectivity index (χ2n) is 9.41. The number of para-hydroxylation sites is 1. The molecule has 1 saturated heterocycles. The molecule has 1 aromatic heterocycles. The number of aliphatic hydroxyl groups excluding tert-OH is 1. The number of aliphatic hydroxyl groups is 1.